The van der Waals surface area contributed by atoms with E-state index >= 15 is 0 Å². The second-order valence-electron chi connectivity index (χ2n) is 23.6. The summed E-state index contributed by atoms with van der Waals surface area (Å²) in [6, 6.07) is 8.62. The molecule has 3 fully saturated rings. The molecule has 3 aliphatic heterocycles. The normalized spacial score (nSPS) is 16.3. The SMILES string of the molecule is C=CC(=O)N1CCN(c2ncnc3c(Oc4c(Cl)c(F)cc5[nH]ncc45)nc(Cl)cc23)[C@@H](C)C1.C=CC(=O)N1CCN(c2ncnc3c(Oc4c(Cl)c(F)cc5[nH]ncc45)nc(Cl)cc23)[C@@H](CC)C1.C=CC(=O)N1CCN(c2ncnc3c(Oc4c(Cl)c(F)cc5[nH]ncc45)nc(Cl)cc23)[C@H](C)C1. The van der Waals surface area contributed by atoms with Gasteiger partial charge in [0.25, 0.3) is 0 Å². The van der Waals surface area contributed by atoms with Crippen molar-refractivity contribution in [3.05, 3.63) is 160 Å². The molecule has 0 radical (unpaired) electrons. The highest BCUT2D eigenvalue weighted by atomic mass is 35.5. The smallest absolute Gasteiger partial charge is 0.247 e. The molecule has 0 aliphatic carbocycles. The van der Waals surface area contributed by atoms with Crippen molar-refractivity contribution in [2.75, 3.05) is 73.6 Å². The summed E-state index contributed by atoms with van der Waals surface area (Å²) in [5.74, 6) is -0.150. The molecule has 9 aromatic heterocycles. The maximum absolute atomic E-state index is 14.4. The lowest BCUT2D eigenvalue weighted by molar-refractivity contribution is -0.127. The fourth-order valence-electron chi connectivity index (χ4n) is 12.5. The lowest BCUT2D eigenvalue weighted by Crippen LogP contribution is -2.54. The molecule has 3 saturated heterocycles. The number of halogens is 9. The summed E-state index contributed by atoms with van der Waals surface area (Å²) in [6.07, 6.45) is 13.4. The number of carbonyl (C=O) groups is 3. The maximum atomic E-state index is 14.4. The molecule has 3 N–H and O–H groups in total. The second-order valence-corrected chi connectivity index (χ2v) is 25.9. The van der Waals surface area contributed by atoms with Crippen molar-refractivity contribution < 1.29 is 41.8 Å². The van der Waals surface area contributed by atoms with Crippen molar-refractivity contribution in [3.63, 3.8) is 0 Å². The molecule has 3 aliphatic rings. The van der Waals surface area contributed by atoms with E-state index in [4.69, 9.17) is 83.8 Å². The Balaban J connectivity index is 0.000000138. The van der Waals surface area contributed by atoms with Crippen LogP contribution in [0.1, 0.15) is 27.2 Å². The minimum atomic E-state index is -0.671. The van der Waals surface area contributed by atoms with E-state index in [0.717, 1.165) is 6.42 Å². The predicted octanol–water partition coefficient (Wildman–Crippen LogP) is 13.5. The molecule has 0 bridgehead atoms. The molecule has 36 heteroatoms. The topological polar surface area (TPSA) is 300 Å². The molecule has 12 aromatic rings. The van der Waals surface area contributed by atoms with Gasteiger partial charge in [-0.15, -0.1) is 0 Å². The first kappa shape index (κ1) is 70.9. The van der Waals surface area contributed by atoms with Crippen molar-refractivity contribution in [3.8, 4) is 34.9 Å². The van der Waals surface area contributed by atoms with Crippen molar-refractivity contribution in [1.29, 1.82) is 0 Å². The summed E-state index contributed by atoms with van der Waals surface area (Å²) in [5.41, 5.74) is 2.39. The molecule has 12 heterocycles. The molecule has 3 aromatic carbocycles. The number of benzene rings is 3. The third kappa shape index (κ3) is 14.0. The lowest BCUT2D eigenvalue weighted by atomic mass is 10.1. The van der Waals surface area contributed by atoms with E-state index < -0.39 is 17.5 Å². The minimum absolute atomic E-state index is 0.0188. The average Bonchev–Trinajstić information content (AvgIpc) is 1.52. The average molecular weight is 1520 g/mol. The Morgan fingerprint density at radius 3 is 1.09 bits per heavy atom. The molecule has 0 saturated carbocycles. The number of H-pyrrole nitrogens is 3. The van der Waals surface area contributed by atoms with Crippen molar-refractivity contribution in [2.24, 2.45) is 0 Å². The van der Waals surface area contributed by atoms with Gasteiger partial charge in [-0.25, -0.2) is 43.1 Å². The quantitative estimate of drug-likeness (QED) is 0.0713. The van der Waals surface area contributed by atoms with Gasteiger partial charge in [0, 0.05) is 95.2 Å². The summed E-state index contributed by atoms with van der Waals surface area (Å²) >= 11 is 37.7. The number of amides is 3. The number of pyridine rings is 3. The van der Waals surface area contributed by atoms with Crippen LogP contribution >= 0.6 is 69.6 Å². The number of hydrogen-bond acceptors (Lipinski definition) is 21. The maximum Gasteiger partial charge on any atom is 0.247 e. The van der Waals surface area contributed by atoms with Crippen LogP contribution in [0.25, 0.3) is 65.4 Å². The fourth-order valence-corrected chi connectivity index (χ4v) is 13.6. The van der Waals surface area contributed by atoms with Crippen LogP contribution < -0.4 is 28.9 Å². The third-order valence-electron chi connectivity index (χ3n) is 17.5. The van der Waals surface area contributed by atoms with Crippen LogP contribution in [-0.4, -0.2) is 185 Å². The Labute approximate surface area is 612 Å². The molecular weight excluding hydrogens is 1460 g/mol. The van der Waals surface area contributed by atoms with Crippen molar-refractivity contribution in [2.45, 2.75) is 45.3 Å². The van der Waals surface area contributed by atoms with Crippen molar-refractivity contribution in [1.82, 2.24) is 90.1 Å². The zero-order valence-corrected chi connectivity index (χ0v) is 59.0. The van der Waals surface area contributed by atoms with E-state index in [1.807, 2.05) is 20.8 Å². The number of aromatic amines is 3. The summed E-state index contributed by atoms with van der Waals surface area (Å²) in [4.78, 5) is 87.1. The number of rotatable bonds is 13. The van der Waals surface area contributed by atoms with E-state index in [1.54, 1.807) is 32.9 Å². The Morgan fingerprint density at radius 1 is 0.466 bits per heavy atom. The van der Waals surface area contributed by atoms with Gasteiger partial charge < -0.3 is 43.6 Å². The first-order chi connectivity index (χ1) is 49.6. The van der Waals surface area contributed by atoms with E-state index in [0.29, 0.717) is 142 Å². The number of carbonyl (C=O) groups excluding carboxylic acids is 3. The Hall–Kier alpha value is -10.5. The first-order valence-corrected chi connectivity index (χ1v) is 33.9. The molecular formula is C67H56Cl6F3N21O6. The number of aromatic nitrogens is 15. The summed E-state index contributed by atoms with van der Waals surface area (Å²) < 4.78 is 61.2. The van der Waals surface area contributed by atoms with Crippen LogP contribution in [0.4, 0.5) is 30.6 Å². The number of hydrogen-bond donors (Lipinski definition) is 3. The van der Waals surface area contributed by atoms with Gasteiger partial charge >= 0.3 is 0 Å². The number of ether oxygens (including phenoxy) is 3. The van der Waals surface area contributed by atoms with Crippen LogP contribution in [0.15, 0.2) is 112 Å². The Kier molecular flexibility index (Phi) is 20.5. The Bertz CT molecular complexity index is 5170. The number of fused-ring (bicyclic) bond motifs is 6. The van der Waals surface area contributed by atoms with Gasteiger partial charge in [0.2, 0.25) is 35.4 Å². The van der Waals surface area contributed by atoms with Gasteiger partial charge in [0.1, 0.15) is 101 Å². The first-order valence-electron chi connectivity index (χ1n) is 31.6. The zero-order chi connectivity index (χ0) is 72.7. The fraction of sp³-hybridized carbons (Fsp3) is 0.239. The van der Waals surface area contributed by atoms with Gasteiger partial charge in [-0.2, -0.15) is 30.2 Å². The van der Waals surface area contributed by atoms with Gasteiger partial charge in [-0.3, -0.25) is 29.7 Å². The highest BCUT2D eigenvalue weighted by Gasteiger charge is 2.34. The summed E-state index contributed by atoms with van der Waals surface area (Å²) in [6.45, 7) is 21.5. The van der Waals surface area contributed by atoms with Gasteiger partial charge in [0.05, 0.1) is 67.5 Å². The predicted molar refractivity (Wildman–Crippen MR) is 386 cm³/mol. The van der Waals surface area contributed by atoms with Gasteiger partial charge in [0.15, 0.2) is 17.2 Å². The van der Waals surface area contributed by atoms with E-state index in [-0.39, 0.29) is 101 Å². The second kappa shape index (κ2) is 29.8. The van der Waals surface area contributed by atoms with E-state index in [9.17, 15) is 27.6 Å². The third-order valence-corrected chi connectivity index (χ3v) is 19.1. The molecule has 528 valence electrons. The molecule has 0 spiro atoms. The van der Waals surface area contributed by atoms with E-state index in [1.165, 1.54) is 74.0 Å². The molecule has 15 rings (SSSR count). The van der Waals surface area contributed by atoms with Crippen LogP contribution in [0.3, 0.4) is 0 Å². The van der Waals surface area contributed by atoms with Crippen LogP contribution in [-0.2, 0) is 14.4 Å². The minimum Gasteiger partial charge on any atom is -0.434 e. The van der Waals surface area contributed by atoms with Gasteiger partial charge in [-0.1, -0.05) is 96.3 Å². The summed E-state index contributed by atoms with van der Waals surface area (Å²) in [7, 11) is 0. The zero-order valence-electron chi connectivity index (χ0n) is 54.5. The highest BCUT2D eigenvalue weighted by Crippen LogP contribution is 2.45. The molecule has 0 unspecified atom stereocenters. The van der Waals surface area contributed by atoms with Crippen LogP contribution in [0.2, 0.25) is 30.5 Å². The monoisotopic (exact) mass is 1520 g/mol. The number of nitrogens with one attached hydrogen (secondary N) is 3. The molecule has 27 nitrogen and oxygen atoms in total. The van der Waals surface area contributed by atoms with Gasteiger partial charge in [-0.05, 0) is 56.7 Å². The lowest BCUT2D eigenvalue weighted by Gasteiger charge is -2.41. The van der Waals surface area contributed by atoms with Crippen molar-refractivity contribution >= 4 is 170 Å². The summed E-state index contributed by atoms with van der Waals surface area (Å²) in [5, 5.41) is 22.9. The largest absolute Gasteiger partial charge is 0.434 e. The number of piperazine rings is 3. The molecule has 103 heavy (non-hydrogen) atoms. The number of anilines is 3. The Morgan fingerprint density at radius 2 is 0.777 bits per heavy atom. The number of nitrogens with zero attached hydrogens (tertiary/aromatic N) is 18. The van der Waals surface area contributed by atoms with E-state index in [2.05, 4.69) is 110 Å². The molecule has 3 amide bonds. The van der Waals surface area contributed by atoms with Crippen LogP contribution in [0, 0.1) is 17.5 Å². The standard InChI is InChI=1S/C23H20Cl2FN7O2.2C22H18Cl2FN7O2/c1-3-12-10-32(18(34)4-2)5-6-33(12)22-13-7-17(24)30-23(20(13)27-11-28-22)35-21-14-9-29-31-16(14)8-15(26)19(21)25;2*1-3-17(33)31-4-5-32(11(2)9-31)21-12-6-16(23)29-22(19(12)26-10-27-21)34-20-13-8-28-30-15(13)7-14(25)18(20)24/h4,7-9,11-12H,2-3,5-6,10H2,1H3,(H,29,31);2*3,6-8,10-11H,1,4-5,9H2,2H3,(H,28,30)/t12-;2*11-/m010/s1. The highest BCUT2D eigenvalue weighted by molar-refractivity contribution is 6.35. The van der Waals surface area contributed by atoms with Crippen LogP contribution in [0.5, 0.6) is 34.9 Å². The molecule has 3 atom stereocenters.